The molecule has 3 heteroatoms. The van der Waals surface area contributed by atoms with Crippen LogP contribution in [0.3, 0.4) is 0 Å². The molecule has 0 aliphatic carbocycles. The fourth-order valence-electron chi connectivity index (χ4n) is 0. The molecule has 0 aliphatic rings. The Morgan fingerprint density at radius 3 is 1.80 bits per heavy atom. The van der Waals surface area contributed by atoms with Crippen LogP contribution in [0.2, 0.25) is 0 Å². The molecule has 0 amide bonds. The van der Waals surface area contributed by atoms with Gasteiger partial charge in [-0.1, -0.05) is 0 Å². The van der Waals surface area contributed by atoms with E-state index in [0.717, 1.165) is 0 Å². The maximum absolute atomic E-state index is 9.31. The Morgan fingerprint density at radius 1 is 1.80 bits per heavy atom. The molecule has 5 heavy (non-hydrogen) atoms. The summed E-state index contributed by atoms with van der Waals surface area (Å²) in [6.07, 6.45) is 0. The van der Waals surface area contributed by atoms with Crippen LogP contribution in [-0.2, 0) is 30.6 Å². The van der Waals surface area contributed by atoms with Gasteiger partial charge in [-0.05, 0) is 0 Å². The fourth-order valence-corrected chi connectivity index (χ4v) is 0. The number of hydrogen-bond donors (Lipinski definition) is 1. The standard InChI is InChI=1S/C2H4OS.Sc/c1-2(3)4;/h1H3,(H,3,4);. The predicted octanol–water partition coefficient (Wildman–Crippen LogP) is 0.460. The summed E-state index contributed by atoms with van der Waals surface area (Å²) in [4.78, 5) is 9.31. The first-order valence-corrected chi connectivity index (χ1v) is 1.37. The van der Waals surface area contributed by atoms with Gasteiger partial charge in [0.25, 0.3) is 0 Å². The van der Waals surface area contributed by atoms with Gasteiger partial charge in [-0.3, -0.25) is 4.79 Å². The minimum absolute atomic E-state index is 0. The van der Waals surface area contributed by atoms with Gasteiger partial charge in [0.2, 0.25) is 0 Å². The van der Waals surface area contributed by atoms with Gasteiger partial charge in [0.05, 0.1) is 0 Å². The van der Waals surface area contributed by atoms with Crippen molar-refractivity contribution >= 4 is 17.7 Å². The molecule has 27 valence electrons. The van der Waals surface area contributed by atoms with Crippen molar-refractivity contribution in [3.05, 3.63) is 0 Å². The number of thiol groups is 1. The molecule has 1 nitrogen and oxygen atoms in total. The number of carbonyl (C=O) groups is 1. The first-order chi connectivity index (χ1) is 1.73. The van der Waals surface area contributed by atoms with Crippen molar-refractivity contribution in [1.29, 1.82) is 0 Å². The van der Waals surface area contributed by atoms with Gasteiger partial charge in [0.15, 0.2) is 5.12 Å². The zero-order valence-electron chi connectivity index (χ0n) is 2.93. The van der Waals surface area contributed by atoms with Crippen LogP contribution >= 0.6 is 12.6 Å². The molecule has 0 unspecified atom stereocenters. The monoisotopic (exact) mass is 121 g/mol. The van der Waals surface area contributed by atoms with Gasteiger partial charge in [-0.2, -0.15) is 0 Å². The molecule has 0 aliphatic heterocycles. The van der Waals surface area contributed by atoms with Gasteiger partial charge in [-0.15, -0.1) is 12.6 Å². The Hall–Kier alpha value is 0.890. The molecule has 0 aromatic heterocycles. The molecule has 0 heterocycles. The SMILES string of the molecule is CC(=O)S.[Sc]. The van der Waals surface area contributed by atoms with Crippen LogP contribution in [-0.4, -0.2) is 5.12 Å². The van der Waals surface area contributed by atoms with Crippen molar-refractivity contribution in [2.75, 3.05) is 0 Å². The van der Waals surface area contributed by atoms with Crippen molar-refractivity contribution < 1.29 is 30.6 Å². The first-order valence-electron chi connectivity index (χ1n) is 0.928. The van der Waals surface area contributed by atoms with Crippen LogP contribution in [0.25, 0.3) is 0 Å². The predicted molar refractivity (Wildman–Crippen MR) is 19.7 cm³/mol. The molecular formula is C2H4OSSc. The molecule has 0 saturated heterocycles. The summed E-state index contributed by atoms with van der Waals surface area (Å²) in [5.74, 6) is 0. The van der Waals surface area contributed by atoms with Crippen LogP contribution in [0.15, 0.2) is 0 Å². The molecule has 0 aromatic rings. The summed E-state index contributed by atoms with van der Waals surface area (Å²) in [5.41, 5.74) is 0. The largest absolute Gasteiger partial charge is 0.288 e. The van der Waals surface area contributed by atoms with Crippen LogP contribution in [0.5, 0.6) is 0 Å². The van der Waals surface area contributed by atoms with E-state index in [-0.39, 0.29) is 31.0 Å². The summed E-state index contributed by atoms with van der Waals surface area (Å²) < 4.78 is 0. The van der Waals surface area contributed by atoms with Crippen molar-refractivity contribution in [3.63, 3.8) is 0 Å². The molecule has 0 N–H and O–H groups in total. The second-order valence-corrected chi connectivity index (χ2v) is 1.15. The third kappa shape index (κ3) is 51.6. The van der Waals surface area contributed by atoms with E-state index < -0.39 is 0 Å². The first kappa shape index (κ1) is 9.31. The third-order valence-corrected chi connectivity index (χ3v) is 0. The van der Waals surface area contributed by atoms with E-state index in [1.807, 2.05) is 0 Å². The molecular weight excluding hydrogens is 117 g/mol. The second kappa shape index (κ2) is 4.89. The molecule has 1 radical (unpaired) electrons. The third-order valence-electron chi connectivity index (χ3n) is 0. The van der Waals surface area contributed by atoms with Crippen LogP contribution in [0.4, 0.5) is 0 Å². The molecule has 0 atom stereocenters. The van der Waals surface area contributed by atoms with Gasteiger partial charge in [0, 0.05) is 32.8 Å². The van der Waals surface area contributed by atoms with Gasteiger partial charge >= 0.3 is 0 Å². The maximum Gasteiger partial charge on any atom is 0.182 e. The van der Waals surface area contributed by atoms with Gasteiger partial charge in [0.1, 0.15) is 0 Å². The smallest absolute Gasteiger partial charge is 0.182 e. The minimum atomic E-state index is -0.139. The maximum atomic E-state index is 9.31. The molecule has 0 aromatic carbocycles. The second-order valence-electron chi connectivity index (χ2n) is 0.519. The Kier molecular flexibility index (Phi) is 9.10. The van der Waals surface area contributed by atoms with Crippen LogP contribution in [0, 0.1) is 0 Å². The quantitative estimate of drug-likeness (QED) is 0.461. The summed E-state index contributed by atoms with van der Waals surface area (Å²) in [5, 5.41) is -0.139. The number of rotatable bonds is 0. The Labute approximate surface area is 55.3 Å². The van der Waals surface area contributed by atoms with Crippen molar-refractivity contribution in [1.82, 2.24) is 0 Å². The van der Waals surface area contributed by atoms with Crippen molar-refractivity contribution in [2.45, 2.75) is 6.92 Å². The summed E-state index contributed by atoms with van der Waals surface area (Å²) >= 11 is 3.33. The van der Waals surface area contributed by atoms with Gasteiger partial charge in [-0.25, -0.2) is 0 Å². The van der Waals surface area contributed by atoms with E-state index >= 15 is 0 Å². The van der Waals surface area contributed by atoms with E-state index in [9.17, 15) is 4.79 Å². The van der Waals surface area contributed by atoms with E-state index in [0.29, 0.717) is 0 Å². The summed E-state index contributed by atoms with van der Waals surface area (Å²) in [7, 11) is 0. The Balaban J connectivity index is 0. The van der Waals surface area contributed by atoms with Gasteiger partial charge < -0.3 is 0 Å². The molecule has 0 saturated carbocycles. The van der Waals surface area contributed by atoms with E-state index in [4.69, 9.17) is 0 Å². The zero-order valence-corrected chi connectivity index (χ0v) is 5.63. The fraction of sp³-hybridized carbons (Fsp3) is 0.500. The number of carbonyl (C=O) groups excluding carboxylic acids is 1. The molecule has 0 bridgehead atoms. The van der Waals surface area contributed by atoms with Crippen molar-refractivity contribution in [3.8, 4) is 0 Å². The van der Waals surface area contributed by atoms with E-state index in [1.54, 1.807) is 0 Å². The molecule has 0 fully saturated rings. The summed E-state index contributed by atoms with van der Waals surface area (Å²) in [6, 6.07) is 0. The van der Waals surface area contributed by atoms with Crippen LogP contribution < -0.4 is 0 Å². The van der Waals surface area contributed by atoms with Crippen molar-refractivity contribution in [2.24, 2.45) is 0 Å². The summed E-state index contributed by atoms with van der Waals surface area (Å²) in [6.45, 7) is 1.39. The minimum Gasteiger partial charge on any atom is -0.288 e. The average molecular weight is 121 g/mol. The average Bonchev–Trinajstić information content (AvgIpc) is 0.811. The molecule has 0 spiro atoms. The number of hydrogen-bond acceptors (Lipinski definition) is 1. The topological polar surface area (TPSA) is 17.1 Å². The Morgan fingerprint density at radius 2 is 1.80 bits per heavy atom. The Bertz CT molecular complexity index is 32.6. The van der Waals surface area contributed by atoms with E-state index in [2.05, 4.69) is 12.6 Å². The van der Waals surface area contributed by atoms with E-state index in [1.165, 1.54) is 6.92 Å². The molecule has 0 rings (SSSR count). The van der Waals surface area contributed by atoms with Crippen LogP contribution in [0.1, 0.15) is 6.92 Å². The zero-order chi connectivity index (χ0) is 3.58. The normalized spacial score (nSPS) is 5.20.